The lowest BCUT2D eigenvalue weighted by Gasteiger charge is -2.03. The monoisotopic (exact) mass is 164 g/mol. The van der Waals surface area contributed by atoms with Crippen molar-refractivity contribution in [3.63, 3.8) is 0 Å². The van der Waals surface area contributed by atoms with Gasteiger partial charge >= 0.3 is 0 Å². The molecule has 12 heavy (non-hydrogen) atoms. The van der Waals surface area contributed by atoms with Gasteiger partial charge in [-0.25, -0.2) is 0 Å². The lowest BCUT2D eigenvalue weighted by atomic mass is 10.1. The molecular formula is C10H16N2. The van der Waals surface area contributed by atoms with Gasteiger partial charge in [0.25, 0.3) is 0 Å². The maximum atomic E-state index is 4.14. The molecule has 0 aromatic carbocycles. The topological polar surface area (TPSA) is 25.8 Å². The largest absolute Gasteiger partial charge is 0.159 e. The predicted molar refractivity (Wildman–Crippen MR) is 50.0 cm³/mol. The summed E-state index contributed by atoms with van der Waals surface area (Å²) >= 11 is 0. The van der Waals surface area contributed by atoms with Crippen molar-refractivity contribution in [3.05, 3.63) is 23.5 Å². The average Bonchev–Trinajstić information content (AvgIpc) is 2.09. The van der Waals surface area contributed by atoms with Gasteiger partial charge in [-0.15, -0.1) is 0 Å². The molecule has 0 spiro atoms. The van der Waals surface area contributed by atoms with Crippen molar-refractivity contribution in [2.45, 2.75) is 39.5 Å². The summed E-state index contributed by atoms with van der Waals surface area (Å²) in [7, 11) is 0. The number of aryl methyl sites for hydroxylation is 2. The Kier molecular flexibility index (Phi) is 3.71. The van der Waals surface area contributed by atoms with Gasteiger partial charge in [-0.1, -0.05) is 26.7 Å². The molecule has 0 fully saturated rings. The second kappa shape index (κ2) is 4.86. The summed E-state index contributed by atoms with van der Waals surface area (Å²) in [6.45, 7) is 4.36. The van der Waals surface area contributed by atoms with Crippen molar-refractivity contribution >= 4 is 0 Å². The summed E-state index contributed by atoms with van der Waals surface area (Å²) in [5.41, 5.74) is 2.55. The van der Waals surface area contributed by atoms with E-state index in [1.807, 2.05) is 0 Å². The number of hydrogen-bond acceptors (Lipinski definition) is 2. The molecule has 0 saturated carbocycles. The molecule has 2 nitrogen and oxygen atoms in total. The highest BCUT2D eigenvalue weighted by Crippen LogP contribution is 2.08. The minimum absolute atomic E-state index is 1.06. The number of rotatable bonds is 4. The van der Waals surface area contributed by atoms with Crippen LogP contribution >= 0.6 is 0 Å². The Bertz CT molecular complexity index is 208. The van der Waals surface area contributed by atoms with Crippen LogP contribution in [0, 0.1) is 0 Å². The number of aromatic nitrogens is 2. The van der Waals surface area contributed by atoms with E-state index in [2.05, 4.69) is 30.1 Å². The smallest absolute Gasteiger partial charge is 0.0662 e. The Hall–Kier alpha value is -0.920. The van der Waals surface area contributed by atoms with E-state index in [4.69, 9.17) is 0 Å². The molecule has 66 valence electrons. The van der Waals surface area contributed by atoms with Gasteiger partial charge in [-0.3, -0.25) is 0 Å². The molecule has 1 rings (SSSR count). The van der Waals surface area contributed by atoms with E-state index < -0.39 is 0 Å². The molecule has 0 aliphatic rings. The number of nitrogens with zero attached hydrogens (tertiary/aromatic N) is 2. The Balaban J connectivity index is 2.77. The van der Waals surface area contributed by atoms with Gasteiger partial charge in [0.05, 0.1) is 5.69 Å². The van der Waals surface area contributed by atoms with Crippen LogP contribution in [0.2, 0.25) is 0 Å². The maximum Gasteiger partial charge on any atom is 0.0662 e. The van der Waals surface area contributed by atoms with Crippen LogP contribution in [-0.2, 0) is 12.8 Å². The van der Waals surface area contributed by atoms with Crippen molar-refractivity contribution < 1.29 is 0 Å². The summed E-state index contributed by atoms with van der Waals surface area (Å²) in [4.78, 5) is 0. The van der Waals surface area contributed by atoms with E-state index in [9.17, 15) is 0 Å². The summed E-state index contributed by atoms with van der Waals surface area (Å²) in [5.74, 6) is 0. The molecule has 1 aromatic heterocycles. The molecule has 0 aliphatic heterocycles. The zero-order chi connectivity index (χ0) is 8.81. The van der Waals surface area contributed by atoms with Crippen LogP contribution in [0.4, 0.5) is 0 Å². The fourth-order valence-corrected chi connectivity index (χ4v) is 1.33. The highest BCUT2D eigenvalue weighted by Gasteiger charge is 2.00. The van der Waals surface area contributed by atoms with E-state index in [0.29, 0.717) is 0 Å². The van der Waals surface area contributed by atoms with Crippen molar-refractivity contribution in [2.24, 2.45) is 0 Å². The predicted octanol–water partition coefficient (Wildman–Crippen LogP) is 2.38. The molecule has 0 atom stereocenters. The fourth-order valence-electron chi connectivity index (χ4n) is 1.33. The van der Waals surface area contributed by atoms with Gasteiger partial charge in [-0.05, 0) is 24.5 Å². The zero-order valence-corrected chi connectivity index (χ0v) is 7.88. The molecule has 0 N–H and O–H groups in total. The van der Waals surface area contributed by atoms with Crippen LogP contribution in [0.25, 0.3) is 0 Å². The van der Waals surface area contributed by atoms with Crippen LogP contribution in [0.3, 0.4) is 0 Å². The van der Waals surface area contributed by atoms with Gasteiger partial charge in [0, 0.05) is 6.20 Å². The highest BCUT2D eigenvalue weighted by atomic mass is 15.1. The SMILES string of the molecule is CCCc1ccnnc1CCC. The summed E-state index contributed by atoms with van der Waals surface area (Å²) in [5, 5.41) is 8.03. The van der Waals surface area contributed by atoms with Gasteiger partial charge in [-0.2, -0.15) is 10.2 Å². The van der Waals surface area contributed by atoms with Crippen LogP contribution in [0.1, 0.15) is 37.9 Å². The van der Waals surface area contributed by atoms with Crippen LogP contribution < -0.4 is 0 Å². The van der Waals surface area contributed by atoms with Crippen LogP contribution in [-0.4, -0.2) is 10.2 Å². The summed E-state index contributed by atoms with van der Waals surface area (Å²) in [6.07, 6.45) is 6.30. The zero-order valence-electron chi connectivity index (χ0n) is 7.88. The minimum atomic E-state index is 1.06. The first-order valence-electron chi connectivity index (χ1n) is 4.68. The Morgan fingerprint density at radius 3 is 2.58 bits per heavy atom. The summed E-state index contributed by atoms with van der Waals surface area (Å²) in [6, 6.07) is 2.08. The van der Waals surface area contributed by atoms with Crippen molar-refractivity contribution in [3.8, 4) is 0 Å². The Morgan fingerprint density at radius 2 is 1.92 bits per heavy atom. The third-order valence-corrected chi connectivity index (χ3v) is 1.90. The van der Waals surface area contributed by atoms with Gasteiger partial charge in [0.1, 0.15) is 0 Å². The average molecular weight is 164 g/mol. The first-order valence-corrected chi connectivity index (χ1v) is 4.68. The Labute approximate surface area is 74.0 Å². The van der Waals surface area contributed by atoms with E-state index in [-0.39, 0.29) is 0 Å². The molecule has 2 heteroatoms. The maximum absolute atomic E-state index is 4.14. The lowest BCUT2D eigenvalue weighted by Crippen LogP contribution is -1.98. The van der Waals surface area contributed by atoms with E-state index >= 15 is 0 Å². The first-order chi connectivity index (χ1) is 5.88. The molecule has 0 bridgehead atoms. The molecular weight excluding hydrogens is 148 g/mol. The minimum Gasteiger partial charge on any atom is -0.159 e. The molecule has 0 saturated heterocycles. The van der Waals surface area contributed by atoms with Crippen LogP contribution in [0.15, 0.2) is 12.3 Å². The highest BCUT2D eigenvalue weighted by molar-refractivity contribution is 5.17. The third kappa shape index (κ3) is 2.29. The summed E-state index contributed by atoms with van der Waals surface area (Å²) < 4.78 is 0. The van der Waals surface area contributed by atoms with E-state index in [0.717, 1.165) is 19.3 Å². The standard InChI is InChI=1S/C10H16N2/c1-3-5-9-7-8-11-12-10(9)6-4-2/h7-8H,3-6H2,1-2H3. The molecule has 0 unspecified atom stereocenters. The van der Waals surface area contributed by atoms with Gasteiger partial charge < -0.3 is 0 Å². The molecule has 0 aliphatic carbocycles. The second-order valence-corrected chi connectivity index (χ2v) is 3.00. The molecule has 0 radical (unpaired) electrons. The quantitative estimate of drug-likeness (QED) is 0.682. The first kappa shape index (κ1) is 9.17. The lowest BCUT2D eigenvalue weighted by molar-refractivity contribution is 0.793. The van der Waals surface area contributed by atoms with Crippen molar-refractivity contribution in [1.82, 2.24) is 10.2 Å². The van der Waals surface area contributed by atoms with Crippen molar-refractivity contribution in [1.29, 1.82) is 0 Å². The third-order valence-electron chi connectivity index (χ3n) is 1.90. The van der Waals surface area contributed by atoms with Gasteiger partial charge in [0.15, 0.2) is 0 Å². The normalized spacial score (nSPS) is 10.2. The van der Waals surface area contributed by atoms with Crippen molar-refractivity contribution in [2.75, 3.05) is 0 Å². The fraction of sp³-hybridized carbons (Fsp3) is 0.600. The molecule has 1 heterocycles. The Morgan fingerprint density at radius 1 is 1.17 bits per heavy atom. The second-order valence-electron chi connectivity index (χ2n) is 3.00. The van der Waals surface area contributed by atoms with E-state index in [1.165, 1.54) is 17.7 Å². The van der Waals surface area contributed by atoms with E-state index in [1.54, 1.807) is 6.20 Å². The molecule has 1 aromatic rings. The van der Waals surface area contributed by atoms with Gasteiger partial charge in [0.2, 0.25) is 0 Å². The van der Waals surface area contributed by atoms with Crippen LogP contribution in [0.5, 0.6) is 0 Å². The molecule has 0 amide bonds. The number of hydrogen-bond donors (Lipinski definition) is 0.